The van der Waals surface area contributed by atoms with E-state index in [4.69, 9.17) is 13.9 Å². The summed E-state index contributed by atoms with van der Waals surface area (Å²) in [5.74, 6) is -1.81. The number of Topliss-reactive ketones (excluding diaryl/α,β-unsaturated/α-hetero) is 1. The molecule has 0 saturated carbocycles. The molecule has 1 N–H and O–H groups in total. The number of ketones is 1. The number of nitrogens with zero attached hydrogens (tertiary/aromatic N) is 3. The van der Waals surface area contributed by atoms with Crippen LogP contribution in [-0.4, -0.2) is 47.2 Å². The molecule has 0 fully saturated rings. The summed E-state index contributed by atoms with van der Waals surface area (Å²) in [7, 11) is 2.77. The summed E-state index contributed by atoms with van der Waals surface area (Å²) in [6, 6.07) is 26.2. The van der Waals surface area contributed by atoms with Crippen molar-refractivity contribution >= 4 is 67.6 Å². The lowest BCUT2D eigenvalue weighted by Crippen LogP contribution is -2.31. The smallest absolute Gasteiger partial charge is 0.337 e. The summed E-state index contributed by atoms with van der Waals surface area (Å²) in [6.07, 6.45) is 0. The van der Waals surface area contributed by atoms with Crippen LogP contribution in [0.4, 0.5) is 5.13 Å². The van der Waals surface area contributed by atoms with Crippen LogP contribution in [0.25, 0.3) is 21.7 Å². The third kappa shape index (κ3) is 5.41. The van der Waals surface area contributed by atoms with Gasteiger partial charge in [0, 0.05) is 11.1 Å². The molecule has 6 aromatic rings. The van der Waals surface area contributed by atoms with Crippen LogP contribution in [0, 0.1) is 0 Å². The molecule has 7 rings (SSSR count). The fourth-order valence-electron chi connectivity index (χ4n) is 5.63. The molecule has 0 bridgehead atoms. The summed E-state index contributed by atoms with van der Waals surface area (Å²) < 4.78 is 16.7. The summed E-state index contributed by atoms with van der Waals surface area (Å²) in [6.45, 7) is 0. The van der Waals surface area contributed by atoms with Crippen LogP contribution in [0.5, 0.6) is 5.75 Å². The molecule has 3 heterocycles. The van der Waals surface area contributed by atoms with Gasteiger partial charge in [-0.2, -0.15) is 0 Å². The van der Waals surface area contributed by atoms with Crippen LogP contribution >= 0.6 is 23.1 Å². The van der Waals surface area contributed by atoms with Gasteiger partial charge in [-0.25, -0.2) is 4.79 Å². The summed E-state index contributed by atoms with van der Waals surface area (Å²) in [5.41, 5.74) is 2.02. The molecular formula is C35H25N3O7S2. The quantitative estimate of drug-likeness (QED) is 0.0727. The third-order valence-electron chi connectivity index (χ3n) is 7.88. The number of hydrogen-bond acceptors (Lipinski definition) is 11. The molecule has 1 amide bonds. The van der Waals surface area contributed by atoms with Crippen molar-refractivity contribution in [1.29, 1.82) is 0 Å². The highest BCUT2D eigenvalue weighted by atomic mass is 32.2. The first-order chi connectivity index (χ1) is 22.9. The summed E-state index contributed by atoms with van der Waals surface area (Å²) >= 11 is 2.64. The van der Waals surface area contributed by atoms with Crippen molar-refractivity contribution in [3.8, 4) is 5.75 Å². The second-order valence-electron chi connectivity index (χ2n) is 10.5. The van der Waals surface area contributed by atoms with Gasteiger partial charge < -0.3 is 19.0 Å². The van der Waals surface area contributed by atoms with E-state index in [2.05, 4.69) is 34.5 Å². The van der Waals surface area contributed by atoms with Gasteiger partial charge in [0.05, 0.1) is 31.4 Å². The number of carbonyl (C=O) groups excluding carboxylic acids is 3. The van der Waals surface area contributed by atoms with Crippen LogP contribution in [-0.2, 0) is 15.3 Å². The van der Waals surface area contributed by atoms with Crippen LogP contribution in [0.2, 0.25) is 0 Å². The lowest BCUT2D eigenvalue weighted by molar-refractivity contribution is -0.117. The first kappa shape index (κ1) is 30.2. The highest BCUT2D eigenvalue weighted by Crippen LogP contribution is 2.44. The Bertz CT molecular complexity index is 2220. The lowest BCUT2D eigenvalue weighted by Gasteiger charge is -2.24. The number of fused-ring (bicyclic) bond motifs is 2. The largest absolute Gasteiger partial charge is 0.503 e. The monoisotopic (exact) mass is 663 g/mol. The SMILES string of the molecule is COC(=O)c1ccc(C2C(C(=O)c3cc4cccc(OC)c4o3)=C(O)C(=O)N2c2nnc(SCc3cccc4ccccc34)s2)cc1. The Morgan fingerprint density at radius 1 is 0.957 bits per heavy atom. The number of aliphatic hydroxyl groups is 1. The first-order valence-electron chi connectivity index (χ1n) is 14.4. The van der Waals surface area contributed by atoms with Gasteiger partial charge in [-0.15, -0.1) is 10.2 Å². The van der Waals surface area contributed by atoms with E-state index in [0.717, 1.165) is 16.3 Å². The molecule has 0 radical (unpaired) electrons. The predicted molar refractivity (Wildman–Crippen MR) is 178 cm³/mol. The van der Waals surface area contributed by atoms with Crippen molar-refractivity contribution in [1.82, 2.24) is 10.2 Å². The van der Waals surface area contributed by atoms with Crippen molar-refractivity contribution < 1.29 is 33.4 Å². The molecule has 2 aromatic heterocycles. The van der Waals surface area contributed by atoms with E-state index in [1.165, 1.54) is 60.4 Å². The Kier molecular flexibility index (Phi) is 7.96. The number of methoxy groups -OCH3 is 2. The Labute approximate surface area is 276 Å². The zero-order chi connectivity index (χ0) is 32.7. The number of para-hydroxylation sites is 1. The van der Waals surface area contributed by atoms with E-state index in [9.17, 15) is 19.5 Å². The van der Waals surface area contributed by atoms with Crippen LogP contribution < -0.4 is 9.64 Å². The van der Waals surface area contributed by atoms with E-state index < -0.39 is 29.5 Å². The van der Waals surface area contributed by atoms with Gasteiger partial charge in [-0.05, 0) is 46.2 Å². The third-order valence-corrected chi connectivity index (χ3v) is 9.99. The fourth-order valence-corrected chi connectivity index (χ4v) is 7.50. The molecule has 4 aromatic carbocycles. The van der Waals surface area contributed by atoms with Crippen molar-refractivity contribution in [2.75, 3.05) is 19.1 Å². The Morgan fingerprint density at radius 2 is 1.70 bits per heavy atom. The second-order valence-corrected chi connectivity index (χ2v) is 12.7. The zero-order valence-corrected chi connectivity index (χ0v) is 26.6. The van der Waals surface area contributed by atoms with Gasteiger partial charge in [0.25, 0.3) is 5.91 Å². The van der Waals surface area contributed by atoms with Gasteiger partial charge in [0.15, 0.2) is 27.2 Å². The molecule has 1 aliphatic heterocycles. The lowest BCUT2D eigenvalue weighted by atomic mass is 9.94. The molecule has 0 saturated heterocycles. The van der Waals surface area contributed by atoms with Crippen molar-refractivity contribution in [2.24, 2.45) is 0 Å². The normalized spacial score (nSPS) is 14.7. The first-order valence-corrected chi connectivity index (χ1v) is 16.2. The number of ether oxygens (including phenoxy) is 2. The summed E-state index contributed by atoms with van der Waals surface area (Å²) in [4.78, 5) is 41.2. The number of hydrogen-bond donors (Lipinski definition) is 1. The molecule has 0 spiro atoms. The number of furan rings is 1. The molecule has 1 aliphatic rings. The van der Waals surface area contributed by atoms with E-state index >= 15 is 0 Å². The van der Waals surface area contributed by atoms with Gasteiger partial charge in [-0.1, -0.05) is 89.8 Å². The topological polar surface area (TPSA) is 132 Å². The number of amides is 1. The standard InChI is InChI=1S/C35H25N3O7S2/c1-43-25-12-6-9-22-17-26(45-31(22)25)29(39)27-28(20-13-15-21(16-14-20)33(42)44-2)38(32(41)30(27)40)34-36-37-35(47-34)46-18-23-10-5-8-19-7-3-4-11-24(19)23/h3-17,28,40H,18H2,1-2H3. The summed E-state index contributed by atoms with van der Waals surface area (Å²) in [5, 5.41) is 23.0. The number of aromatic nitrogens is 2. The number of anilines is 1. The Hall–Kier alpha value is -5.46. The molecule has 10 nitrogen and oxygen atoms in total. The van der Waals surface area contributed by atoms with Crippen molar-refractivity contribution in [3.05, 3.63) is 125 Å². The molecule has 1 atom stereocenters. The maximum atomic E-state index is 14.1. The second kappa shape index (κ2) is 12.4. The number of carbonyl (C=O) groups is 3. The van der Waals surface area contributed by atoms with E-state index in [1.54, 1.807) is 30.3 Å². The average Bonchev–Trinajstić information content (AvgIpc) is 3.83. The number of thioether (sulfide) groups is 1. The van der Waals surface area contributed by atoms with Crippen LogP contribution in [0.1, 0.15) is 38.1 Å². The molecule has 0 aliphatic carbocycles. The maximum absolute atomic E-state index is 14.1. The predicted octanol–water partition coefficient (Wildman–Crippen LogP) is 7.31. The van der Waals surface area contributed by atoms with Crippen molar-refractivity contribution in [3.63, 3.8) is 0 Å². The van der Waals surface area contributed by atoms with Crippen molar-refractivity contribution in [2.45, 2.75) is 16.1 Å². The molecule has 1 unspecified atom stereocenters. The number of esters is 1. The number of benzene rings is 4. The Morgan fingerprint density at radius 3 is 2.49 bits per heavy atom. The average molecular weight is 664 g/mol. The maximum Gasteiger partial charge on any atom is 0.337 e. The highest BCUT2D eigenvalue weighted by Gasteiger charge is 2.47. The van der Waals surface area contributed by atoms with Crippen LogP contribution in [0.3, 0.4) is 0 Å². The molecule has 234 valence electrons. The minimum absolute atomic E-state index is 0.0829. The molecular weight excluding hydrogens is 639 g/mol. The van der Waals surface area contributed by atoms with Gasteiger partial charge in [0.1, 0.15) is 0 Å². The zero-order valence-electron chi connectivity index (χ0n) is 25.0. The number of aliphatic hydroxyl groups excluding tert-OH is 1. The van der Waals surface area contributed by atoms with Crippen LogP contribution in [0.15, 0.2) is 111 Å². The van der Waals surface area contributed by atoms with Gasteiger partial charge in [-0.3, -0.25) is 14.5 Å². The molecule has 12 heteroatoms. The van der Waals surface area contributed by atoms with E-state index in [-0.39, 0.29) is 22.0 Å². The Balaban J connectivity index is 1.25. The minimum atomic E-state index is -1.10. The minimum Gasteiger partial charge on any atom is -0.503 e. The van der Waals surface area contributed by atoms with Gasteiger partial charge >= 0.3 is 5.97 Å². The van der Waals surface area contributed by atoms with Gasteiger partial charge in [0.2, 0.25) is 10.9 Å². The highest BCUT2D eigenvalue weighted by molar-refractivity contribution is 8.00. The molecule has 47 heavy (non-hydrogen) atoms. The fraction of sp³-hybridized carbons (Fsp3) is 0.114. The van der Waals surface area contributed by atoms with E-state index in [1.807, 2.05) is 18.2 Å². The number of rotatable bonds is 9. The van der Waals surface area contributed by atoms with E-state index in [0.29, 0.717) is 32.4 Å².